The number of nitriles is 1. The Hall–Kier alpha value is -4.13. The summed E-state index contributed by atoms with van der Waals surface area (Å²) in [7, 11) is 1.77. The molecule has 262 valence electrons. The molecule has 0 bridgehead atoms. The van der Waals surface area contributed by atoms with Gasteiger partial charge in [0.25, 0.3) is 5.91 Å². The smallest absolute Gasteiger partial charge is 0.264 e. The summed E-state index contributed by atoms with van der Waals surface area (Å²) in [5.74, 6) is -1.07. The lowest BCUT2D eigenvalue weighted by atomic mass is 9.83. The average molecular weight is 669 g/mol. The summed E-state index contributed by atoms with van der Waals surface area (Å²) in [6.07, 6.45) is 4.45. The third-order valence-electron chi connectivity index (χ3n) is 7.51. The molecule has 0 spiro atoms. The first-order valence-corrected chi connectivity index (χ1v) is 16.2. The first-order chi connectivity index (χ1) is 23.4. The van der Waals surface area contributed by atoms with Crippen LogP contribution in [0.4, 0.5) is 0 Å². The van der Waals surface area contributed by atoms with Crippen LogP contribution in [-0.4, -0.2) is 125 Å². The Balaban J connectivity index is 1.34. The normalized spacial score (nSPS) is 16.4. The molecule has 2 unspecified atom stereocenters. The van der Waals surface area contributed by atoms with E-state index in [-0.39, 0.29) is 23.9 Å². The molecule has 1 aromatic carbocycles. The Kier molecular flexibility index (Phi) is 17.9. The van der Waals surface area contributed by atoms with E-state index in [9.17, 15) is 19.6 Å². The van der Waals surface area contributed by atoms with E-state index in [1.165, 1.54) is 6.08 Å². The van der Waals surface area contributed by atoms with Crippen LogP contribution in [0.3, 0.4) is 0 Å². The molecular weight excluding hydrogens is 620 g/mol. The van der Waals surface area contributed by atoms with Crippen LogP contribution in [-0.2, 0) is 45.1 Å². The summed E-state index contributed by atoms with van der Waals surface area (Å²) in [4.78, 5) is 38.5. The summed E-state index contributed by atoms with van der Waals surface area (Å²) in [5.41, 5.74) is 2.66. The number of benzene rings is 1. The maximum absolute atomic E-state index is 13.5. The van der Waals surface area contributed by atoms with Crippen LogP contribution in [0.5, 0.6) is 0 Å². The lowest BCUT2D eigenvalue weighted by Gasteiger charge is -2.37. The average Bonchev–Trinajstić information content (AvgIpc) is 3.51. The molecule has 2 N–H and O–H groups in total. The highest BCUT2D eigenvalue weighted by Gasteiger charge is 2.35. The van der Waals surface area contributed by atoms with Gasteiger partial charge in [0.1, 0.15) is 11.6 Å². The molecule has 3 rings (SSSR count). The molecule has 2 heterocycles. The number of rotatable bonds is 23. The monoisotopic (exact) mass is 668 g/mol. The molecule has 2 aromatic rings. The van der Waals surface area contributed by atoms with Crippen molar-refractivity contribution in [2.24, 2.45) is 13.0 Å². The second kappa shape index (κ2) is 22.4. The Morgan fingerprint density at radius 3 is 2.12 bits per heavy atom. The molecule has 1 aliphatic heterocycles. The highest BCUT2D eigenvalue weighted by Crippen LogP contribution is 2.32. The fourth-order valence-electron chi connectivity index (χ4n) is 5.15. The highest BCUT2D eigenvalue weighted by atomic mass is 16.6. The molecular formula is C34H48N6O8. The van der Waals surface area contributed by atoms with Crippen molar-refractivity contribution in [3.63, 3.8) is 0 Å². The molecule has 1 saturated heterocycles. The van der Waals surface area contributed by atoms with Gasteiger partial charge in [-0.1, -0.05) is 29.8 Å². The summed E-state index contributed by atoms with van der Waals surface area (Å²) in [5, 5.41) is 19.5. The maximum Gasteiger partial charge on any atom is 0.264 e. The van der Waals surface area contributed by atoms with Crippen molar-refractivity contribution in [1.29, 1.82) is 5.26 Å². The number of aromatic nitrogens is 2. The Bertz CT molecular complexity index is 1340. The number of carbonyl (C=O) groups excluding carboxylic acids is 3. The molecule has 1 aromatic heterocycles. The van der Waals surface area contributed by atoms with Crippen molar-refractivity contribution >= 4 is 24.3 Å². The zero-order valence-corrected chi connectivity index (χ0v) is 27.9. The number of likely N-dealkylation sites (tertiary alicyclic amines) is 1. The number of piperidine rings is 1. The van der Waals surface area contributed by atoms with Gasteiger partial charge in [-0.2, -0.15) is 10.4 Å². The molecule has 48 heavy (non-hydrogen) atoms. The Morgan fingerprint density at radius 2 is 1.56 bits per heavy atom. The van der Waals surface area contributed by atoms with Crippen molar-refractivity contribution in [1.82, 2.24) is 25.3 Å². The number of ether oxygens (including phenoxy) is 5. The number of hydrogen-bond donors (Lipinski definition) is 2. The van der Waals surface area contributed by atoms with Gasteiger partial charge in [0.05, 0.1) is 77.7 Å². The topological polar surface area (TPSA) is 166 Å². The van der Waals surface area contributed by atoms with Gasteiger partial charge in [-0.25, -0.2) is 0 Å². The number of hydrogen-bond acceptors (Lipinski definition) is 10. The molecule has 1 aliphatic rings. The minimum Gasteiger partial charge on any atom is -0.377 e. The summed E-state index contributed by atoms with van der Waals surface area (Å²) in [6.45, 7) is 7.67. The Morgan fingerprint density at radius 1 is 0.938 bits per heavy atom. The first-order valence-electron chi connectivity index (χ1n) is 16.2. The third-order valence-corrected chi connectivity index (χ3v) is 7.51. The van der Waals surface area contributed by atoms with Crippen LogP contribution in [0.25, 0.3) is 6.08 Å². The van der Waals surface area contributed by atoms with E-state index in [2.05, 4.69) is 21.8 Å². The van der Waals surface area contributed by atoms with Crippen LogP contribution in [0, 0.1) is 24.2 Å². The lowest BCUT2D eigenvalue weighted by molar-refractivity contribution is -0.133. The van der Waals surface area contributed by atoms with Gasteiger partial charge < -0.3 is 39.2 Å². The third kappa shape index (κ3) is 14.3. The number of nitrogens with zero attached hydrogens (tertiary/aromatic N) is 4. The van der Waals surface area contributed by atoms with E-state index in [1.54, 1.807) is 28.9 Å². The van der Waals surface area contributed by atoms with Gasteiger partial charge in [-0.05, 0) is 31.1 Å². The highest BCUT2D eigenvalue weighted by molar-refractivity contribution is 6.01. The van der Waals surface area contributed by atoms with E-state index in [0.29, 0.717) is 104 Å². The molecule has 2 atom stereocenters. The zero-order valence-electron chi connectivity index (χ0n) is 27.9. The lowest BCUT2D eigenvalue weighted by Crippen LogP contribution is -2.48. The van der Waals surface area contributed by atoms with E-state index >= 15 is 0 Å². The summed E-state index contributed by atoms with van der Waals surface area (Å²) in [6, 6.07) is 11.8. The molecule has 0 radical (unpaired) electrons. The minimum absolute atomic E-state index is 0.0200. The fourth-order valence-corrected chi connectivity index (χ4v) is 5.15. The van der Waals surface area contributed by atoms with Gasteiger partial charge in [0, 0.05) is 45.3 Å². The standard InChI is InChI=1S/C34H48N6O8/c1-27-4-3-5-28(20-27)30-21-31(25-40(24-30)34(43)29(23-35)22-32-6-9-39(2)38-32)33(42)37-8-11-45-13-15-47-17-19-48-18-16-46-14-12-44-10-7-36-26-41/h3-6,9,20,22,26,30-31H,7-8,10-19,21,24-25H2,1-2H3,(H,36,41)(H,37,42)/b29-22+. The van der Waals surface area contributed by atoms with E-state index in [0.717, 1.165) is 11.1 Å². The van der Waals surface area contributed by atoms with Crippen molar-refractivity contribution in [3.8, 4) is 6.07 Å². The SMILES string of the molecule is Cc1cccc(C2CC(C(=O)NCCOCCOCCOCCOCCOCCNC=O)CN(C(=O)/C(C#N)=C/c3ccn(C)n3)C2)c1. The number of amides is 3. The first kappa shape index (κ1) is 38.3. The minimum atomic E-state index is -0.443. The second-order valence-electron chi connectivity index (χ2n) is 11.3. The molecule has 14 nitrogen and oxygen atoms in total. The van der Waals surface area contributed by atoms with Crippen LogP contribution >= 0.6 is 0 Å². The largest absolute Gasteiger partial charge is 0.377 e. The predicted octanol–water partition coefficient (Wildman–Crippen LogP) is 1.21. The van der Waals surface area contributed by atoms with E-state index in [4.69, 9.17) is 23.7 Å². The maximum atomic E-state index is 13.5. The zero-order chi connectivity index (χ0) is 34.4. The second-order valence-corrected chi connectivity index (χ2v) is 11.3. The van der Waals surface area contributed by atoms with Gasteiger partial charge in [0.2, 0.25) is 12.3 Å². The van der Waals surface area contributed by atoms with Gasteiger partial charge in [0.15, 0.2) is 0 Å². The van der Waals surface area contributed by atoms with Gasteiger partial charge >= 0.3 is 0 Å². The van der Waals surface area contributed by atoms with Crippen molar-refractivity contribution < 1.29 is 38.1 Å². The van der Waals surface area contributed by atoms with E-state index in [1.807, 2.05) is 31.2 Å². The van der Waals surface area contributed by atoms with E-state index < -0.39 is 11.8 Å². The summed E-state index contributed by atoms with van der Waals surface area (Å²) < 4.78 is 28.8. The Labute approximate surface area is 282 Å². The molecule has 14 heteroatoms. The molecule has 3 amide bonds. The predicted molar refractivity (Wildman–Crippen MR) is 177 cm³/mol. The van der Waals surface area contributed by atoms with Crippen LogP contribution in [0.1, 0.15) is 29.2 Å². The van der Waals surface area contributed by atoms with Crippen molar-refractivity contribution in [3.05, 3.63) is 58.9 Å². The number of carbonyl (C=O) groups is 3. The summed E-state index contributed by atoms with van der Waals surface area (Å²) >= 11 is 0. The number of nitrogens with one attached hydrogen (secondary N) is 2. The molecule has 0 aliphatic carbocycles. The molecule has 1 fully saturated rings. The van der Waals surface area contributed by atoms with Crippen LogP contribution in [0.15, 0.2) is 42.1 Å². The van der Waals surface area contributed by atoms with Gasteiger partial charge in [-0.3, -0.25) is 19.1 Å². The fraction of sp³-hybridized carbons (Fsp3) is 0.559. The van der Waals surface area contributed by atoms with Gasteiger partial charge in [-0.15, -0.1) is 0 Å². The van der Waals surface area contributed by atoms with Crippen molar-refractivity contribution in [2.75, 3.05) is 92.2 Å². The van der Waals surface area contributed by atoms with Crippen LogP contribution in [0.2, 0.25) is 0 Å². The quantitative estimate of drug-likeness (QED) is 0.0761. The molecule has 0 saturated carbocycles. The van der Waals surface area contributed by atoms with Crippen LogP contribution < -0.4 is 10.6 Å². The number of aryl methyl sites for hydroxylation is 2. The van der Waals surface area contributed by atoms with Crippen molar-refractivity contribution in [2.45, 2.75) is 19.3 Å².